The molecular formula is C25H25NO3. The zero-order chi connectivity index (χ0) is 20.4. The Labute approximate surface area is 171 Å². The molecule has 29 heavy (non-hydrogen) atoms. The highest BCUT2D eigenvalue weighted by atomic mass is 16.6. The van der Waals surface area contributed by atoms with Crippen molar-refractivity contribution in [1.29, 1.82) is 0 Å². The molecule has 0 spiro atoms. The summed E-state index contributed by atoms with van der Waals surface area (Å²) in [6.45, 7) is 4.47. The van der Waals surface area contributed by atoms with E-state index >= 15 is 0 Å². The summed E-state index contributed by atoms with van der Waals surface area (Å²) in [6, 6.07) is 22.2. The predicted octanol–water partition coefficient (Wildman–Crippen LogP) is 5.50. The Bertz CT molecular complexity index is 1010. The molecule has 0 bridgehead atoms. The third-order valence-corrected chi connectivity index (χ3v) is 5.42. The van der Waals surface area contributed by atoms with Crippen molar-refractivity contribution in [3.05, 3.63) is 89.0 Å². The van der Waals surface area contributed by atoms with Crippen molar-refractivity contribution in [3.8, 4) is 16.9 Å². The highest BCUT2D eigenvalue weighted by molar-refractivity contribution is 5.78. The van der Waals surface area contributed by atoms with Gasteiger partial charge in [0, 0.05) is 24.6 Å². The van der Waals surface area contributed by atoms with Crippen LogP contribution in [0.1, 0.15) is 22.3 Å². The Balaban J connectivity index is 1.51. The minimum absolute atomic E-state index is 0.247. The summed E-state index contributed by atoms with van der Waals surface area (Å²) >= 11 is 0. The summed E-state index contributed by atoms with van der Waals surface area (Å²) < 4.78 is 11.7. The van der Waals surface area contributed by atoms with Crippen molar-refractivity contribution in [1.82, 2.24) is 4.90 Å². The van der Waals surface area contributed by atoms with Gasteiger partial charge in [0.05, 0.1) is 0 Å². The standard InChI is InChI=1S/C25H25NO3/c1-17-9-7-10-18(2)23(17)21-14-8-13-20-15-22(29-24(20)21)26(3)25(27)28-16-19-11-5-4-6-12-19/h4-14,22H,15-16H2,1-3H3. The van der Waals surface area contributed by atoms with E-state index in [1.807, 2.05) is 30.3 Å². The van der Waals surface area contributed by atoms with Crippen LogP contribution >= 0.6 is 0 Å². The van der Waals surface area contributed by atoms with Crippen LogP contribution in [-0.4, -0.2) is 24.3 Å². The molecule has 0 N–H and O–H groups in total. The highest BCUT2D eigenvalue weighted by Gasteiger charge is 2.32. The summed E-state index contributed by atoms with van der Waals surface area (Å²) in [4.78, 5) is 14.1. The van der Waals surface area contributed by atoms with Gasteiger partial charge in [-0.2, -0.15) is 0 Å². The molecule has 0 radical (unpaired) electrons. The number of nitrogens with zero attached hydrogens (tertiary/aromatic N) is 1. The van der Waals surface area contributed by atoms with E-state index in [-0.39, 0.29) is 18.9 Å². The SMILES string of the molecule is Cc1cccc(C)c1-c1cccc2c1OC(N(C)C(=O)OCc1ccccc1)C2. The highest BCUT2D eigenvalue weighted by Crippen LogP contribution is 2.41. The largest absolute Gasteiger partial charge is 0.469 e. The third-order valence-electron chi connectivity index (χ3n) is 5.42. The molecule has 0 fully saturated rings. The molecule has 0 aliphatic carbocycles. The second-order valence-electron chi connectivity index (χ2n) is 7.49. The van der Waals surface area contributed by atoms with Gasteiger partial charge in [-0.1, -0.05) is 66.7 Å². The fourth-order valence-electron chi connectivity index (χ4n) is 3.84. The summed E-state index contributed by atoms with van der Waals surface area (Å²) in [5.41, 5.74) is 6.76. The Morgan fingerprint density at radius 1 is 1.00 bits per heavy atom. The molecule has 0 aromatic heterocycles. The van der Waals surface area contributed by atoms with Gasteiger partial charge in [-0.3, -0.25) is 4.90 Å². The zero-order valence-electron chi connectivity index (χ0n) is 17.0. The number of carbonyl (C=O) groups excluding carboxylic acids is 1. The normalized spacial score (nSPS) is 14.8. The van der Waals surface area contributed by atoms with Gasteiger partial charge in [-0.05, 0) is 36.1 Å². The quantitative estimate of drug-likeness (QED) is 0.593. The number of carbonyl (C=O) groups is 1. The molecule has 3 aromatic carbocycles. The van der Waals surface area contributed by atoms with E-state index in [9.17, 15) is 4.79 Å². The van der Waals surface area contributed by atoms with Gasteiger partial charge in [-0.25, -0.2) is 4.79 Å². The smallest absolute Gasteiger partial charge is 0.412 e. The van der Waals surface area contributed by atoms with Crippen molar-refractivity contribution in [2.45, 2.75) is 33.1 Å². The molecule has 0 saturated carbocycles. The molecule has 3 aromatic rings. The lowest BCUT2D eigenvalue weighted by Crippen LogP contribution is -2.40. The van der Waals surface area contributed by atoms with Gasteiger partial charge in [0.15, 0.2) is 6.23 Å². The number of hydrogen-bond donors (Lipinski definition) is 0. The topological polar surface area (TPSA) is 38.8 Å². The summed E-state index contributed by atoms with van der Waals surface area (Å²) in [7, 11) is 1.72. The van der Waals surface area contributed by atoms with Crippen LogP contribution in [0.3, 0.4) is 0 Å². The number of benzene rings is 3. The van der Waals surface area contributed by atoms with Crippen LogP contribution in [0.4, 0.5) is 4.79 Å². The number of fused-ring (bicyclic) bond motifs is 1. The maximum Gasteiger partial charge on any atom is 0.412 e. The van der Waals surface area contributed by atoms with Crippen LogP contribution in [0.25, 0.3) is 11.1 Å². The first-order valence-electron chi connectivity index (χ1n) is 9.83. The molecule has 1 heterocycles. The summed E-state index contributed by atoms with van der Waals surface area (Å²) in [5, 5.41) is 0. The van der Waals surface area contributed by atoms with E-state index < -0.39 is 0 Å². The third kappa shape index (κ3) is 3.83. The lowest BCUT2D eigenvalue weighted by Gasteiger charge is -2.24. The van der Waals surface area contributed by atoms with Crippen molar-refractivity contribution in [2.24, 2.45) is 0 Å². The van der Waals surface area contributed by atoms with E-state index in [0.717, 1.165) is 22.4 Å². The number of aryl methyl sites for hydroxylation is 2. The maximum atomic E-state index is 12.5. The zero-order valence-corrected chi connectivity index (χ0v) is 17.0. The Kier molecular flexibility index (Phi) is 5.26. The number of likely N-dealkylation sites (N-methyl/N-ethyl adjacent to an activating group) is 1. The molecule has 1 aliphatic heterocycles. The maximum absolute atomic E-state index is 12.5. The molecule has 4 heteroatoms. The number of hydrogen-bond acceptors (Lipinski definition) is 3. The van der Waals surface area contributed by atoms with Gasteiger partial charge in [0.25, 0.3) is 0 Å². The van der Waals surface area contributed by atoms with E-state index in [4.69, 9.17) is 9.47 Å². The summed E-state index contributed by atoms with van der Waals surface area (Å²) in [6.07, 6.45) is -0.121. The van der Waals surface area contributed by atoms with Crippen LogP contribution in [-0.2, 0) is 17.8 Å². The van der Waals surface area contributed by atoms with Crippen LogP contribution in [0, 0.1) is 13.8 Å². The van der Waals surface area contributed by atoms with E-state index in [1.165, 1.54) is 21.6 Å². The molecular weight excluding hydrogens is 362 g/mol. The van der Waals surface area contributed by atoms with Crippen molar-refractivity contribution >= 4 is 6.09 Å². The Morgan fingerprint density at radius 3 is 2.41 bits per heavy atom. The molecule has 4 rings (SSSR count). The monoisotopic (exact) mass is 387 g/mol. The molecule has 4 nitrogen and oxygen atoms in total. The predicted molar refractivity (Wildman–Crippen MR) is 114 cm³/mol. The lowest BCUT2D eigenvalue weighted by molar-refractivity contribution is 0.0376. The van der Waals surface area contributed by atoms with Gasteiger partial charge in [0.1, 0.15) is 12.4 Å². The Hall–Kier alpha value is -3.27. The van der Waals surface area contributed by atoms with Gasteiger partial charge < -0.3 is 9.47 Å². The van der Waals surface area contributed by atoms with E-state index in [0.29, 0.717) is 6.42 Å². The first kappa shape index (κ1) is 19.1. The minimum atomic E-state index is -0.389. The fraction of sp³-hybridized carbons (Fsp3) is 0.240. The van der Waals surface area contributed by atoms with Crippen LogP contribution < -0.4 is 4.74 Å². The molecule has 148 valence electrons. The molecule has 1 unspecified atom stereocenters. The number of rotatable bonds is 4. The number of para-hydroxylation sites is 1. The molecule has 1 aliphatic rings. The second-order valence-corrected chi connectivity index (χ2v) is 7.49. The van der Waals surface area contributed by atoms with E-state index in [1.54, 1.807) is 7.05 Å². The number of ether oxygens (including phenoxy) is 2. The van der Waals surface area contributed by atoms with Crippen molar-refractivity contribution < 1.29 is 14.3 Å². The summed E-state index contributed by atoms with van der Waals surface area (Å²) in [5.74, 6) is 0.859. The van der Waals surface area contributed by atoms with Gasteiger partial charge >= 0.3 is 6.09 Å². The van der Waals surface area contributed by atoms with E-state index in [2.05, 4.69) is 50.2 Å². The average molecular weight is 387 g/mol. The van der Waals surface area contributed by atoms with Crippen LogP contribution in [0.15, 0.2) is 66.7 Å². The second kappa shape index (κ2) is 8.00. The number of amides is 1. The van der Waals surface area contributed by atoms with Gasteiger partial charge in [0.2, 0.25) is 0 Å². The minimum Gasteiger partial charge on any atom is -0.469 e. The molecule has 0 saturated heterocycles. The fourth-order valence-corrected chi connectivity index (χ4v) is 3.84. The molecule has 1 atom stereocenters. The van der Waals surface area contributed by atoms with Gasteiger partial charge in [-0.15, -0.1) is 0 Å². The Morgan fingerprint density at radius 2 is 1.69 bits per heavy atom. The van der Waals surface area contributed by atoms with Crippen molar-refractivity contribution in [3.63, 3.8) is 0 Å². The lowest BCUT2D eigenvalue weighted by atomic mass is 9.93. The molecule has 1 amide bonds. The average Bonchev–Trinajstić information content (AvgIpc) is 3.17. The van der Waals surface area contributed by atoms with Crippen LogP contribution in [0.5, 0.6) is 5.75 Å². The first-order valence-corrected chi connectivity index (χ1v) is 9.83. The first-order chi connectivity index (χ1) is 14.0. The van der Waals surface area contributed by atoms with Crippen LogP contribution in [0.2, 0.25) is 0 Å². The van der Waals surface area contributed by atoms with Crippen molar-refractivity contribution in [2.75, 3.05) is 7.05 Å².